The highest BCUT2D eigenvalue weighted by Crippen LogP contribution is 2.34. The van der Waals surface area contributed by atoms with Gasteiger partial charge in [-0.15, -0.1) is 0 Å². The van der Waals surface area contributed by atoms with Crippen molar-refractivity contribution in [1.82, 2.24) is 4.98 Å². The molecule has 0 unspecified atom stereocenters. The Labute approximate surface area is 154 Å². The Kier molecular flexibility index (Phi) is 4.04. The van der Waals surface area contributed by atoms with Crippen molar-refractivity contribution in [3.05, 3.63) is 83.6 Å². The van der Waals surface area contributed by atoms with Crippen LogP contribution in [0.25, 0.3) is 33.4 Å². The highest BCUT2D eigenvalue weighted by atomic mass is 14.9. The Morgan fingerprint density at radius 1 is 0.808 bits per heavy atom. The fourth-order valence-electron chi connectivity index (χ4n) is 3.77. The van der Waals surface area contributed by atoms with E-state index in [9.17, 15) is 0 Å². The average molecular weight is 339 g/mol. The van der Waals surface area contributed by atoms with Gasteiger partial charge in [-0.1, -0.05) is 29.8 Å². The lowest BCUT2D eigenvalue weighted by Crippen LogP contribution is -2.33. The second-order valence-electron chi connectivity index (χ2n) is 6.99. The molecular formula is C24H23N2+. The summed E-state index contributed by atoms with van der Waals surface area (Å²) in [6.45, 7) is 6.56. The lowest BCUT2D eigenvalue weighted by atomic mass is 9.93. The zero-order valence-corrected chi connectivity index (χ0v) is 15.7. The van der Waals surface area contributed by atoms with Crippen molar-refractivity contribution in [2.75, 3.05) is 0 Å². The summed E-state index contributed by atoms with van der Waals surface area (Å²) in [6, 6.07) is 21.4. The molecule has 2 nitrogen and oxygen atoms in total. The number of nitrogens with zero attached hydrogens (tertiary/aromatic N) is 2. The first kappa shape index (κ1) is 16.5. The maximum atomic E-state index is 4.64. The Balaban J connectivity index is 2.16. The predicted molar refractivity (Wildman–Crippen MR) is 108 cm³/mol. The van der Waals surface area contributed by atoms with Gasteiger partial charge in [0.25, 0.3) is 0 Å². The van der Waals surface area contributed by atoms with Crippen molar-refractivity contribution in [2.45, 2.75) is 20.8 Å². The van der Waals surface area contributed by atoms with Crippen LogP contribution >= 0.6 is 0 Å². The number of pyridine rings is 2. The monoisotopic (exact) mass is 339 g/mol. The third-order valence-electron chi connectivity index (χ3n) is 5.20. The fraction of sp³-hybridized carbons (Fsp3) is 0.167. The summed E-state index contributed by atoms with van der Waals surface area (Å²) in [5.41, 5.74) is 9.80. The third kappa shape index (κ3) is 2.68. The molecule has 0 N–H and O–H groups in total. The average Bonchev–Trinajstić information content (AvgIpc) is 2.65. The maximum absolute atomic E-state index is 4.64. The van der Waals surface area contributed by atoms with Crippen LogP contribution in [0, 0.1) is 20.8 Å². The quantitative estimate of drug-likeness (QED) is 0.452. The van der Waals surface area contributed by atoms with Crippen LogP contribution in [0.1, 0.15) is 16.7 Å². The van der Waals surface area contributed by atoms with Gasteiger partial charge < -0.3 is 0 Å². The van der Waals surface area contributed by atoms with E-state index in [4.69, 9.17) is 0 Å². The van der Waals surface area contributed by atoms with Crippen LogP contribution in [0.2, 0.25) is 0 Å². The van der Waals surface area contributed by atoms with Crippen molar-refractivity contribution >= 4 is 10.9 Å². The summed E-state index contributed by atoms with van der Waals surface area (Å²) in [4.78, 5) is 4.64. The summed E-state index contributed by atoms with van der Waals surface area (Å²) < 4.78 is 2.31. The van der Waals surface area contributed by atoms with Gasteiger partial charge in [0.2, 0.25) is 11.2 Å². The molecule has 0 saturated carbocycles. The maximum Gasteiger partial charge on any atom is 0.222 e. The van der Waals surface area contributed by atoms with E-state index in [1.54, 1.807) is 0 Å². The molecule has 0 atom stereocenters. The Morgan fingerprint density at radius 2 is 1.58 bits per heavy atom. The first-order valence-electron chi connectivity index (χ1n) is 8.97. The number of aromatic nitrogens is 2. The molecule has 0 aliphatic rings. The molecular weight excluding hydrogens is 316 g/mol. The van der Waals surface area contributed by atoms with E-state index in [0.29, 0.717) is 0 Å². The van der Waals surface area contributed by atoms with Crippen molar-refractivity contribution in [3.63, 3.8) is 0 Å². The second-order valence-corrected chi connectivity index (χ2v) is 6.99. The van der Waals surface area contributed by atoms with E-state index < -0.39 is 0 Å². The number of hydrogen-bond acceptors (Lipinski definition) is 1. The van der Waals surface area contributed by atoms with E-state index >= 15 is 0 Å². The Hall–Kier alpha value is -3.00. The van der Waals surface area contributed by atoms with Crippen LogP contribution in [-0.4, -0.2) is 4.98 Å². The highest BCUT2D eigenvalue weighted by Gasteiger charge is 2.23. The molecule has 0 saturated heterocycles. The van der Waals surface area contributed by atoms with Gasteiger partial charge in [0.1, 0.15) is 7.05 Å². The van der Waals surface area contributed by atoms with Crippen LogP contribution in [0.5, 0.6) is 0 Å². The van der Waals surface area contributed by atoms with Crippen molar-refractivity contribution in [1.29, 1.82) is 0 Å². The number of para-hydroxylation sites is 1. The molecule has 0 spiro atoms. The van der Waals surface area contributed by atoms with Crippen LogP contribution in [-0.2, 0) is 7.05 Å². The van der Waals surface area contributed by atoms with Crippen molar-refractivity contribution in [3.8, 4) is 22.5 Å². The van der Waals surface area contributed by atoms with E-state index in [0.717, 1.165) is 5.69 Å². The van der Waals surface area contributed by atoms with E-state index in [1.165, 1.54) is 44.4 Å². The first-order valence-corrected chi connectivity index (χ1v) is 8.97. The fourth-order valence-corrected chi connectivity index (χ4v) is 3.77. The molecule has 4 rings (SSSR count). The number of aryl methyl sites for hydroxylation is 3. The number of hydrogen-bond donors (Lipinski definition) is 0. The second kappa shape index (κ2) is 6.38. The molecule has 26 heavy (non-hydrogen) atoms. The van der Waals surface area contributed by atoms with Gasteiger partial charge in [0, 0.05) is 17.6 Å². The van der Waals surface area contributed by atoms with E-state index in [-0.39, 0.29) is 0 Å². The predicted octanol–water partition coefficient (Wildman–Crippen LogP) is 5.32. The van der Waals surface area contributed by atoms with Gasteiger partial charge in [-0.3, -0.25) is 4.98 Å². The van der Waals surface area contributed by atoms with Gasteiger partial charge in [-0.25, -0.2) is 0 Å². The zero-order chi connectivity index (χ0) is 18.3. The minimum absolute atomic E-state index is 1.00. The van der Waals surface area contributed by atoms with E-state index in [2.05, 4.69) is 92.0 Å². The zero-order valence-electron chi connectivity index (χ0n) is 15.7. The number of benzene rings is 2. The topological polar surface area (TPSA) is 16.8 Å². The molecule has 0 radical (unpaired) electrons. The molecule has 0 bridgehead atoms. The molecule has 0 amide bonds. The van der Waals surface area contributed by atoms with E-state index in [1.807, 2.05) is 12.3 Å². The van der Waals surface area contributed by atoms with Crippen LogP contribution in [0.4, 0.5) is 0 Å². The first-order chi connectivity index (χ1) is 12.6. The molecule has 2 heterocycles. The molecule has 2 heteroatoms. The Morgan fingerprint density at radius 3 is 2.35 bits per heavy atom. The molecule has 4 aromatic rings. The molecule has 0 fully saturated rings. The number of fused-ring (bicyclic) bond motifs is 1. The standard InChI is InChI=1S/C24H23N2/c1-16-13-17(2)18(3)20(14-16)24-21(22-10-7-8-12-25-22)15-19-9-5-6-11-23(19)26(24)4/h5-15H,1-4H3/q+1. The van der Waals surface area contributed by atoms with Crippen LogP contribution in [0.15, 0.2) is 66.9 Å². The smallest absolute Gasteiger partial charge is 0.222 e. The van der Waals surface area contributed by atoms with Crippen LogP contribution < -0.4 is 4.57 Å². The summed E-state index contributed by atoms with van der Waals surface area (Å²) in [5.74, 6) is 0. The molecule has 128 valence electrons. The van der Waals surface area contributed by atoms with Gasteiger partial charge in [0.05, 0.1) is 16.8 Å². The molecule has 0 aliphatic heterocycles. The lowest BCUT2D eigenvalue weighted by molar-refractivity contribution is -0.633. The molecule has 0 aliphatic carbocycles. The minimum atomic E-state index is 1.00. The lowest BCUT2D eigenvalue weighted by Gasteiger charge is -2.14. The van der Waals surface area contributed by atoms with Gasteiger partial charge in [0.15, 0.2) is 0 Å². The summed E-state index contributed by atoms with van der Waals surface area (Å²) >= 11 is 0. The minimum Gasteiger partial charge on any atom is -0.256 e. The summed E-state index contributed by atoms with van der Waals surface area (Å²) in [7, 11) is 2.15. The molecule has 2 aromatic carbocycles. The largest absolute Gasteiger partial charge is 0.256 e. The Bertz CT molecular complexity index is 1110. The van der Waals surface area contributed by atoms with Gasteiger partial charge >= 0.3 is 0 Å². The van der Waals surface area contributed by atoms with Gasteiger partial charge in [-0.2, -0.15) is 4.57 Å². The molecule has 2 aromatic heterocycles. The highest BCUT2D eigenvalue weighted by molar-refractivity contribution is 5.88. The summed E-state index contributed by atoms with van der Waals surface area (Å²) in [5, 5.41) is 1.22. The van der Waals surface area contributed by atoms with Crippen LogP contribution in [0.3, 0.4) is 0 Å². The third-order valence-corrected chi connectivity index (χ3v) is 5.20. The van der Waals surface area contributed by atoms with Crippen molar-refractivity contribution < 1.29 is 4.57 Å². The van der Waals surface area contributed by atoms with Crippen molar-refractivity contribution in [2.24, 2.45) is 7.05 Å². The summed E-state index contributed by atoms with van der Waals surface area (Å²) in [6.07, 6.45) is 1.86. The van der Waals surface area contributed by atoms with Gasteiger partial charge in [-0.05, 0) is 62.2 Å². The SMILES string of the molecule is Cc1cc(C)c(C)c(-c2c(-c3ccccn3)cc3ccccc3[n+]2C)c1. The normalized spacial score (nSPS) is 11.1. The number of rotatable bonds is 2.